The zero-order chi connectivity index (χ0) is 16.7. The first-order valence-corrected chi connectivity index (χ1v) is 8.69. The molecular formula is C18H25ClN2O2. The lowest BCUT2D eigenvalue weighted by molar-refractivity contribution is -0.132. The lowest BCUT2D eigenvalue weighted by Gasteiger charge is -2.32. The standard InChI is InChI=1S/C18H25ClN2O2/c1-20-11-8-14-9-12-21(13-10-14)18(23)7-6-17(22)15-2-4-16(19)5-3-15/h2-5,14,20H,6-13H2,1H3. The van der Waals surface area contributed by atoms with Crippen molar-refractivity contribution in [1.29, 1.82) is 0 Å². The molecule has 1 aromatic carbocycles. The molecule has 0 unspecified atom stereocenters. The highest BCUT2D eigenvalue weighted by Gasteiger charge is 2.22. The molecule has 0 saturated carbocycles. The van der Waals surface area contributed by atoms with E-state index in [0.717, 1.165) is 32.5 Å². The van der Waals surface area contributed by atoms with Crippen molar-refractivity contribution in [2.75, 3.05) is 26.7 Å². The van der Waals surface area contributed by atoms with Crippen LogP contribution in [0.1, 0.15) is 42.5 Å². The Labute approximate surface area is 143 Å². The summed E-state index contributed by atoms with van der Waals surface area (Å²) in [6.45, 7) is 2.68. The highest BCUT2D eigenvalue weighted by atomic mass is 35.5. The first-order valence-electron chi connectivity index (χ1n) is 8.31. The monoisotopic (exact) mass is 336 g/mol. The molecule has 0 spiro atoms. The third kappa shape index (κ3) is 5.63. The van der Waals surface area contributed by atoms with Crippen LogP contribution in [0.3, 0.4) is 0 Å². The number of carbonyl (C=O) groups excluding carboxylic acids is 2. The summed E-state index contributed by atoms with van der Waals surface area (Å²) in [7, 11) is 1.97. The third-order valence-electron chi connectivity index (χ3n) is 4.50. The van der Waals surface area contributed by atoms with Crippen molar-refractivity contribution >= 4 is 23.3 Å². The second-order valence-corrected chi connectivity index (χ2v) is 6.58. The minimum absolute atomic E-state index is 0.000997. The molecule has 1 saturated heterocycles. The highest BCUT2D eigenvalue weighted by molar-refractivity contribution is 6.30. The average Bonchev–Trinajstić information content (AvgIpc) is 2.58. The number of carbonyl (C=O) groups is 2. The predicted molar refractivity (Wildman–Crippen MR) is 92.9 cm³/mol. The van der Waals surface area contributed by atoms with Crippen molar-refractivity contribution in [3.63, 3.8) is 0 Å². The van der Waals surface area contributed by atoms with Crippen LogP contribution in [0.25, 0.3) is 0 Å². The molecule has 0 aromatic heterocycles. The van der Waals surface area contributed by atoms with Gasteiger partial charge in [0.25, 0.3) is 0 Å². The van der Waals surface area contributed by atoms with Gasteiger partial charge in [0.15, 0.2) is 5.78 Å². The van der Waals surface area contributed by atoms with Gasteiger partial charge in [-0.25, -0.2) is 0 Å². The number of piperidine rings is 1. The van der Waals surface area contributed by atoms with E-state index in [1.807, 2.05) is 11.9 Å². The molecular weight excluding hydrogens is 312 g/mol. The molecule has 5 heteroatoms. The van der Waals surface area contributed by atoms with Crippen LogP contribution in [0.5, 0.6) is 0 Å². The SMILES string of the molecule is CNCCC1CCN(C(=O)CCC(=O)c2ccc(Cl)cc2)CC1. The Morgan fingerprint density at radius 3 is 2.43 bits per heavy atom. The van der Waals surface area contributed by atoms with Gasteiger partial charge in [0, 0.05) is 36.5 Å². The molecule has 126 valence electrons. The Bertz CT molecular complexity index is 522. The first kappa shape index (κ1) is 18.0. The smallest absolute Gasteiger partial charge is 0.223 e. The van der Waals surface area contributed by atoms with Crippen molar-refractivity contribution in [3.05, 3.63) is 34.9 Å². The number of Topliss-reactive ketones (excluding diaryl/α,β-unsaturated/α-hetero) is 1. The fourth-order valence-electron chi connectivity index (χ4n) is 2.98. The number of nitrogens with one attached hydrogen (secondary N) is 1. The lowest BCUT2D eigenvalue weighted by atomic mass is 9.93. The summed E-state index contributed by atoms with van der Waals surface area (Å²) >= 11 is 5.81. The maximum Gasteiger partial charge on any atom is 0.223 e. The van der Waals surface area contributed by atoms with E-state index in [0.29, 0.717) is 22.9 Å². The molecule has 2 rings (SSSR count). The minimum atomic E-state index is -0.000997. The van der Waals surface area contributed by atoms with Crippen LogP contribution in [-0.2, 0) is 4.79 Å². The van der Waals surface area contributed by atoms with Crippen LogP contribution < -0.4 is 5.32 Å². The number of ketones is 1. The molecule has 1 N–H and O–H groups in total. The van der Waals surface area contributed by atoms with Crippen molar-refractivity contribution in [3.8, 4) is 0 Å². The van der Waals surface area contributed by atoms with Gasteiger partial charge in [-0.3, -0.25) is 9.59 Å². The second kappa shape index (κ2) is 9.04. The quantitative estimate of drug-likeness (QED) is 0.778. The fourth-order valence-corrected chi connectivity index (χ4v) is 3.10. The fraction of sp³-hybridized carbons (Fsp3) is 0.556. The van der Waals surface area contributed by atoms with E-state index in [1.54, 1.807) is 24.3 Å². The summed E-state index contributed by atoms with van der Waals surface area (Å²) in [5.74, 6) is 0.806. The van der Waals surface area contributed by atoms with Crippen molar-refractivity contribution in [1.82, 2.24) is 10.2 Å². The second-order valence-electron chi connectivity index (χ2n) is 6.15. The molecule has 1 aromatic rings. The summed E-state index contributed by atoms with van der Waals surface area (Å²) in [6.07, 6.45) is 3.87. The zero-order valence-electron chi connectivity index (χ0n) is 13.7. The third-order valence-corrected chi connectivity index (χ3v) is 4.75. The molecule has 1 aliphatic heterocycles. The summed E-state index contributed by atoms with van der Waals surface area (Å²) in [5.41, 5.74) is 0.618. The van der Waals surface area contributed by atoms with Crippen LogP contribution in [0.15, 0.2) is 24.3 Å². The van der Waals surface area contributed by atoms with Gasteiger partial charge in [-0.15, -0.1) is 0 Å². The van der Waals surface area contributed by atoms with E-state index in [1.165, 1.54) is 6.42 Å². The van der Waals surface area contributed by atoms with Crippen molar-refractivity contribution in [2.24, 2.45) is 5.92 Å². The van der Waals surface area contributed by atoms with Gasteiger partial charge in [0.2, 0.25) is 5.91 Å². The molecule has 0 aliphatic carbocycles. The molecule has 1 heterocycles. The number of rotatable bonds is 7. The van der Waals surface area contributed by atoms with Crippen molar-refractivity contribution < 1.29 is 9.59 Å². The Balaban J connectivity index is 1.73. The Hall–Kier alpha value is -1.39. The predicted octanol–water partition coefficient (Wildman–Crippen LogP) is 3.15. The molecule has 1 amide bonds. The number of halogens is 1. The number of hydrogen-bond acceptors (Lipinski definition) is 3. The van der Waals surface area contributed by atoms with E-state index in [9.17, 15) is 9.59 Å². The van der Waals surface area contributed by atoms with Crippen LogP contribution >= 0.6 is 11.6 Å². The van der Waals surface area contributed by atoms with Gasteiger partial charge >= 0.3 is 0 Å². The summed E-state index contributed by atoms with van der Waals surface area (Å²) in [4.78, 5) is 26.2. The minimum Gasteiger partial charge on any atom is -0.343 e. The van der Waals surface area contributed by atoms with Crippen molar-refractivity contribution in [2.45, 2.75) is 32.1 Å². The van der Waals surface area contributed by atoms with Crippen LogP contribution in [0.2, 0.25) is 5.02 Å². The summed E-state index contributed by atoms with van der Waals surface area (Å²) in [5, 5.41) is 3.78. The first-order chi connectivity index (χ1) is 11.1. The molecule has 0 radical (unpaired) electrons. The van der Waals surface area contributed by atoms with E-state index in [2.05, 4.69) is 5.32 Å². The normalized spacial score (nSPS) is 15.7. The van der Waals surface area contributed by atoms with Gasteiger partial charge < -0.3 is 10.2 Å². The Kier molecular flexibility index (Phi) is 7.06. The van der Waals surface area contributed by atoms with Gasteiger partial charge in [-0.1, -0.05) is 11.6 Å². The van der Waals surface area contributed by atoms with Crippen LogP contribution in [0.4, 0.5) is 0 Å². The number of hydrogen-bond donors (Lipinski definition) is 1. The topological polar surface area (TPSA) is 49.4 Å². The van der Waals surface area contributed by atoms with E-state index >= 15 is 0 Å². The molecule has 0 bridgehead atoms. The van der Waals surface area contributed by atoms with Gasteiger partial charge in [-0.2, -0.15) is 0 Å². The largest absolute Gasteiger partial charge is 0.343 e. The molecule has 1 fully saturated rings. The van der Waals surface area contributed by atoms with Gasteiger partial charge in [-0.05, 0) is 63.0 Å². The summed E-state index contributed by atoms with van der Waals surface area (Å²) in [6, 6.07) is 6.82. The molecule has 23 heavy (non-hydrogen) atoms. The van der Waals surface area contributed by atoms with Crippen LogP contribution in [0, 0.1) is 5.92 Å². The van der Waals surface area contributed by atoms with Crippen LogP contribution in [-0.4, -0.2) is 43.3 Å². The van der Waals surface area contributed by atoms with Gasteiger partial charge in [0.05, 0.1) is 0 Å². The zero-order valence-corrected chi connectivity index (χ0v) is 14.4. The van der Waals surface area contributed by atoms with E-state index in [4.69, 9.17) is 11.6 Å². The lowest BCUT2D eigenvalue weighted by Crippen LogP contribution is -2.39. The Morgan fingerprint density at radius 1 is 1.17 bits per heavy atom. The molecule has 4 nitrogen and oxygen atoms in total. The summed E-state index contributed by atoms with van der Waals surface area (Å²) < 4.78 is 0. The van der Waals surface area contributed by atoms with E-state index < -0.39 is 0 Å². The number of benzene rings is 1. The Morgan fingerprint density at radius 2 is 1.83 bits per heavy atom. The van der Waals surface area contributed by atoms with Gasteiger partial charge in [0.1, 0.15) is 0 Å². The highest BCUT2D eigenvalue weighted by Crippen LogP contribution is 2.21. The average molecular weight is 337 g/mol. The molecule has 0 atom stereocenters. The number of nitrogens with zero attached hydrogens (tertiary/aromatic N) is 1. The number of amides is 1. The molecule has 1 aliphatic rings. The number of likely N-dealkylation sites (tertiary alicyclic amines) is 1. The maximum atomic E-state index is 12.2. The maximum absolute atomic E-state index is 12.2. The van der Waals surface area contributed by atoms with E-state index in [-0.39, 0.29) is 18.1 Å².